The third kappa shape index (κ3) is 2.85. The lowest BCUT2D eigenvalue weighted by molar-refractivity contribution is -0.131. The number of para-hydroxylation sites is 1. The van der Waals surface area contributed by atoms with Crippen LogP contribution in [0.3, 0.4) is 0 Å². The molecule has 0 spiro atoms. The zero-order chi connectivity index (χ0) is 11.6. The number of nitrogens with one attached hydrogen (secondary N) is 1. The van der Waals surface area contributed by atoms with Crippen molar-refractivity contribution in [2.75, 3.05) is 11.9 Å². The first kappa shape index (κ1) is 11.2. The molecule has 0 aliphatic carbocycles. The Hall–Kier alpha value is -1.30. The van der Waals surface area contributed by atoms with Crippen LogP contribution >= 0.6 is 11.3 Å². The molecule has 86 valence electrons. The van der Waals surface area contributed by atoms with Crippen LogP contribution in [0.5, 0.6) is 0 Å². The van der Waals surface area contributed by atoms with E-state index in [4.69, 9.17) is 0 Å². The number of alkyl halides is 3. The molecule has 16 heavy (non-hydrogen) atoms. The summed E-state index contributed by atoms with van der Waals surface area (Å²) in [5.74, 6) is 0. The zero-order valence-corrected chi connectivity index (χ0v) is 9.03. The Morgan fingerprint density at radius 1 is 1.25 bits per heavy atom. The fraction of sp³-hybridized carbons (Fsp3) is 0.300. The Labute approximate surface area is 94.1 Å². The van der Waals surface area contributed by atoms with E-state index in [2.05, 4.69) is 10.3 Å². The van der Waals surface area contributed by atoms with Crippen LogP contribution in [0, 0.1) is 0 Å². The van der Waals surface area contributed by atoms with Crippen molar-refractivity contribution in [2.24, 2.45) is 0 Å². The number of hydrogen-bond acceptors (Lipinski definition) is 3. The van der Waals surface area contributed by atoms with E-state index in [1.54, 1.807) is 0 Å². The van der Waals surface area contributed by atoms with Gasteiger partial charge in [-0.2, -0.15) is 13.2 Å². The highest BCUT2D eigenvalue weighted by Crippen LogP contribution is 2.26. The van der Waals surface area contributed by atoms with Gasteiger partial charge in [-0.1, -0.05) is 23.5 Å². The summed E-state index contributed by atoms with van der Waals surface area (Å²) in [4.78, 5) is 4.17. The topological polar surface area (TPSA) is 24.9 Å². The SMILES string of the molecule is FC(F)(F)CCNc1nc2ccccc2s1. The standard InChI is InChI=1S/C10H9F3N2S/c11-10(12,13)5-6-14-9-15-7-3-1-2-4-8(7)16-9/h1-4H,5-6H2,(H,14,15). The molecule has 0 unspecified atom stereocenters. The van der Waals surface area contributed by atoms with Crippen molar-refractivity contribution >= 4 is 26.7 Å². The summed E-state index contributed by atoms with van der Waals surface area (Å²) in [6.45, 7) is -0.136. The van der Waals surface area contributed by atoms with Gasteiger partial charge in [0.1, 0.15) is 0 Å². The third-order valence-corrected chi connectivity index (χ3v) is 2.97. The highest BCUT2D eigenvalue weighted by atomic mass is 32.1. The Morgan fingerprint density at radius 3 is 2.69 bits per heavy atom. The van der Waals surface area contributed by atoms with Gasteiger partial charge in [0.2, 0.25) is 0 Å². The van der Waals surface area contributed by atoms with Crippen LogP contribution in [0.15, 0.2) is 24.3 Å². The molecule has 0 atom stereocenters. The molecule has 1 N–H and O–H groups in total. The molecule has 2 aromatic rings. The van der Waals surface area contributed by atoms with Crippen LogP contribution in [0.1, 0.15) is 6.42 Å². The monoisotopic (exact) mass is 246 g/mol. The minimum atomic E-state index is -4.12. The van der Waals surface area contributed by atoms with E-state index in [1.807, 2.05) is 24.3 Å². The van der Waals surface area contributed by atoms with Crippen molar-refractivity contribution in [1.29, 1.82) is 0 Å². The highest BCUT2D eigenvalue weighted by Gasteiger charge is 2.26. The molecule has 0 saturated heterocycles. The van der Waals surface area contributed by atoms with Crippen molar-refractivity contribution in [2.45, 2.75) is 12.6 Å². The lowest BCUT2D eigenvalue weighted by Crippen LogP contribution is -2.14. The van der Waals surface area contributed by atoms with Crippen LogP contribution in [-0.2, 0) is 0 Å². The Balaban J connectivity index is 2.00. The van der Waals surface area contributed by atoms with Gasteiger partial charge in [0.15, 0.2) is 5.13 Å². The van der Waals surface area contributed by atoms with E-state index in [0.717, 1.165) is 10.2 Å². The second kappa shape index (κ2) is 4.29. The quantitative estimate of drug-likeness (QED) is 0.894. The number of nitrogens with zero attached hydrogens (tertiary/aromatic N) is 1. The van der Waals surface area contributed by atoms with E-state index < -0.39 is 12.6 Å². The predicted octanol–water partition coefficient (Wildman–Crippen LogP) is 3.66. The molecular formula is C10H9F3N2S. The maximum Gasteiger partial charge on any atom is 0.390 e. The molecule has 0 amide bonds. The average Bonchev–Trinajstić information content (AvgIpc) is 2.57. The lowest BCUT2D eigenvalue weighted by Gasteiger charge is -2.05. The number of thiazole rings is 1. The molecule has 0 fully saturated rings. The molecule has 0 radical (unpaired) electrons. The Kier molecular flexibility index (Phi) is 3.00. The van der Waals surface area contributed by atoms with Gasteiger partial charge in [-0.05, 0) is 12.1 Å². The number of hydrogen-bond donors (Lipinski definition) is 1. The summed E-state index contributed by atoms with van der Waals surface area (Å²) in [5.41, 5.74) is 0.807. The number of benzene rings is 1. The minimum absolute atomic E-state index is 0.136. The fourth-order valence-corrected chi connectivity index (χ4v) is 2.15. The molecule has 1 heterocycles. The Morgan fingerprint density at radius 2 is 2.00 bits per heavy atom. The van der Waals surface area contributed by atoms with Crippen LogP contribution in [0.25, 0.3) is 10.2 Å². The first-order valence-corrected chi connectivity index (χ1v) is 5.52. The van der Waals surface area contributed by atoms with Crippen molar-refractivity contribution in [3.05, 3.63) is 24.3 Å². The van der Waals surface area contributed by atoms with E-state index in [1.165, 1.54) is 11.3 Å². The van der Waals surface area contributed by atoms with Gasteiger partial charge in [-0.15, -0.1) is 0 Å². The van der Waals surface area contributed by atoms with Crippen LogP contribution in [-0.4, -0.2) is 17.7 Å². The first-order chi connectivity index (χ1) is 7.54. The number of rotatable bonds is 3. The number of halogens is 3. The van der Waals surface area contributed by atoms with Crippen LogP contribution in [0.4, 0.5) is 18.3 Å². The molecule has 1 aromatic carbocycles. The summed E-state index contributed by atoms with van der Waals surface area (Å²) in [6, 6.07) is 7.45. The lowest BCUT2D eigenvalue weighted by atomic mass is 10.3. The maximum absolute atomic E-state index is 11.9. The van der Waals surface area contributed by atoms with Gasteiger partial charge in [0.25, 0.3) is 0 Å². The van der Waals surface area contributed by atoms with Gasteiger partial charge in [-0.25, -0.2) is 4.98 Å². The van der Waals surface area contributed by atoms with E-state index in [0.29, 0.717) is 5.13 Å². The largest absolute Gasteiger partial charge is 0.390 e. The van der Waals surface area contributed by atoms with E-state index in [-0.39, 0.29) is 6.54 Å². The first-order valence-electron chi connectivity index (χ1n) is 4.71. The summed E-state index contributed by atoms with van der Waals surface area (Å²) < 4.78 is 36.7. The molecule has 0 aliphatic rings. The molecule has 2 rings (SSSR count). The maximum atomic E-state index is 11.9. The average molecular weight is 246 g/mol. The zero-order valence-electron chi connectivity index (χ0n) is 8.21. The smallest absolute Gasteiger partial charge is 0.361 e. The van der Waals surface area contributed by atoms with E-state index >= 15 is 0 Å². The fourth-order valence-electron chi connectivity index (χ4n) is 1.26. The predicted molar refractivity (Wildman–Crippen MR) is 58.8 cm³/mol. The number of aromatic nitrogens is 1. The summed E-state index contributed by atoms with van der Waals surface area (Å²) in [7, 11) is 0. The summed E-state index contributed by atoms with van der Waals surface area (Å²) >= 11 is 1.36. The molecule has 2 nitrogen and oxygen atoms in total. The third-order valence-electron chi connectivity index (χ3n) is 1.98. The minimum Gasteiger partial charge on any atom is -0.361 e. The second-order valence-corrected chi connectivity index (χ2v) is 4.31. The normalized spacial score (nSPS) is 11.9. The highest BCUT2D eigenvalue weighted by molar-refractivity contribution is 7.22. The Bertz CT molecular complexity index is 445. The summed E-state index contributed by atoms with van der Waals surface area (Å²) in [5, 5.41) is 3.21. The van der Waals surface area contributed by atoms with Gasteiger partial charge >= 0.3 is 6.18 Å². The van der Waals surface area contributed by atoms with Crippen molar-refractivity contribution in [3.8, 4) is 0 Å². The molecule has 0 aliphatic heterocycles. The molecule has 1 aromatic heterocycles. The molecular weight excluding hydrogens is 237 g/mol. The van der Waals surface area contributed by atoms with Crippen molar-refractivity contribution < 1.29 is 13.2 Å². The van der Waals surface area contributed by atoms with Crippen molar-refractivity contribution in [3.63, 3.8) is 0 Å². The van der Waals surface area contributed by atoms with Gasteiger partial charge in [0.05, 0.1) is 16.6 Å². The summed E-state index contributed by atoms with van der Waals surface area (Å²) in [6.07, 6.45) is -4.97. The van der Waals surface area contributed by atoms with Crippen LogP contribution in [0.2, 0.25) is 0 Å². The molecule has 0 bridgehead atoms. The van der Waals surface area contributed by atoms with E-state index in [9.17, 15) is 13.2 Å². The van der Waals surface area contributed by atoms with Gasteiger partial charge in [0, 0.05) is 6.54 Å². The van der Waals surface area contributed by atoms with Gasteiger partial charge in [-0.3, -0.25) is 0 Å². The molecule has 6 heteroatoms. The second-order valence-electron chi connectivity index (χ2n) is 3.28. The van der Waals surface area contributed by atoms with Crippen LogP contribution < -0.4 is 5.32 Å². The van der Waals surface area contributed by atoms with Crippen molar-refractivity contribution in [1.82, 2.24) is 4.98 Å². The number of fused-ring (bicyclic) bond motifs is 1. The number of anilines is 1. The molecule has 0 saturated carbocycles. The van der Waals surface area contributed by atoms with Gasteiger partial charge < -0.3 is 5.32 Å².